The highest BCUT2D eigenvalue weighted by atomic mass is 32.2. The lowest BCUT2D eigenvalue weighted by Gasteiger charge is -2.31. The summed E-state index contributed by atoms with van der Waals surface area (Å²) in [5, 5.41) is 9.25. The Morgan fingerprint density at radius 2 is 2.00 bits per heavy atom. The average Bonchev–Trinajstić information content (AvgIpc) is 2.88. The van der Waals surface area contributed by atoms with E-state index in [9.17, 15) is 14.7 Å². The van der Waals surface area contributed by atoms with Crippen molar-refractivity contribution in [2.24, 2.45) is 5.92 Å². The predicted molar refractivity (Wildman–Crippen MR) is 82.1 cm³/mol. The van der Waals surface area contributed by atoms with Crippen LogP contribution in [0.3, 0.4) is 0 Å². The minimum atomic E-state index is -0.892. The van der Waals surface area contributed by atoms with Crippen LogP contribution in [-0.4, -0.2) is 39.1 Å². The molecule has 1 saturated heterocycles. The molecule has 0 radical (unpaired) electrons. The second-order valence-corrected chi connectivity index (χ2v) is 7.09. The van der Waals surface area contributed by atoms with Crippen LogP contribution in [0.1, 0.15) is 24.5 Å². The van der Waals surface area contributed by atoms with Crippen molar-refractivity contribution in [2.45, 2.75) is 37.6 Å². The minimum absolute atomic E-state index is 0.00871. The van der Waals surface area contributed by atoms with Crippen LogP contribution in [0.25, 0.3) is 0 Å². The van der Waals surface area contributed by atoms with E-state index in [2.05, 4.69) is 12.1 Å². The van der Waals surface area contributed by atoms with E-state index in [1.165, 1.54) is 11.1 Å². The summed E-state index contributed by atoms with van der Waals surface area (Å²) in [6, 6.07) is 7.55. The first-order valence-electron chi connectivity index (χ1n) is 7.31. The third-order valence-electron chi connectivity index (χ3n) is 4.46. The van der Waals surface area contributed by atoms with E-state index in [4.69, 9.17) is 0 Å². The van der Waals surface area contributed by atoms with Crippen molar-refractivity contribution in [2.75, 3.05) is 5.75 Å². The number of nitrogens with zero attached hydrogens (tertiary/aromatic N) is 1. The molecule has 1 aliphatic carbocycles. The van der Waals surface area contributed by atoms with Gasteiger partial charge < -0.3 is 10.0 Å². The van der Waals surface area contributed by atoms with Gasteiger partial charge in [0.15, 0.2) is 0 Å². The van der Waals surface area contributed by atoms with Gasteiger partial charge >= 0.3 is 5.97 Å². The van der Waals surface area contributed by atoms with Crippen LogP contribution in [0.2, 0.25) is 0 Å². The van der Waals surface area contributed by atoms with Gasteiger partial charge in [-0.1, -0.05) is 24.3 Å². The normalized spacial score (nSPS) is 28.2. The Balaban J connectivity index is 1.78. The van der Waals surface area contributed by atoms with Gasteiger partial charge in [0, 0.05) is 11.7 Å². The Hall–Kier alpha value is -1.49. The molecule has 1 aromatic carbocycles. The topological polar surface area (TPSA) is 57.6 Å². The predicted octanol–water partition coefficient (Wildman–Crippen LogP) is 2.17. The number of carbonyl (C=O) groups excluding carboxylic acids is 1. The van der Waals surface area contributed by atoms with Crippen molar-refractivity contribution in [1.29, 1.82) is 0 Å². The van der Waals surface area contributed by atoms with Crippen LogP contribution >= 0.6 is 11.8 Å². The molecule has 3 unspecified atom stereocenters. The van der Waals surface area contributed by atoms with Gasteiger partial charge in [0.2, 0.25) is 5.91 Å². The maximum atomic E-state index is 12.8. The van der Waals surface area contributed by atoms with E-state index in [0.717, 1.165) is 19.3 Å². The molecule has 1 amide bonds. The standard InChI is InChI=1S/C16H19NO3S/c1-10-17(14(9-21-10)16(19)20)15(18)13-7-6-11-4-2-3-5-12(11)8-13/h2-5,10,13-14H,6-9H2,1H3,(H,19,20). The molecule has 0 aromatic heterocycles. The SMILES string of the molecule is CC1SCC(C(=O)O)N1C(=O)C1CCc2ccccc2C1. The number of aryl methyl sites for hydroxylation is 1. The van der Waals surface area contributed by atoms with Crippen LogP contribution in [0.4, 0.5) is 0 Å². The van der Waals surface area contributed by atoms with E-state index >= 15 is 0 Å². The Morgan fingerprint density at radius 1 is 1.29 bits per heavy atom. The molecule has 1 N–H and O–H groups in total. The van der Waals surface area contributed by atoms with Gasteiger partial charge in [-0.15, -0.1) is 11.8 Å². The largest absolute Gasteiger partial charge is 0.480 e. The van der Waals surface area contributed by atoms with Crippen LogP contribution in [-0.2, 0) is 22.4 Å². The molecule has 3 atom stereocenters. The summed E-state index contributed by atoms with van der Waals surface area (Å²) in [7, 11) is 0. The Kier molecular flexibility index (Phi) is 3.93. The van der Waals surface area contributed by atoms with Gasteiger partial charge in [-0.05, 0) is 37.3 Å². The fourth-order valence-corrected chi connectivity index (χ4v) is 4.46. The summed E-state index contributed by atoms with van der Waals surface area (Å²) < 4.78 is 0. The fourth-order valence-electron chi connectivity index (χ4n) is 3.29. The summed E-state index contributed by atoms with van der Waals surface area (Å²) in [5.74, 6) is -0.473. The van der Waals surface area contributed by atoms with Gasteiger partial charge in [-0.2, -0.15) is 0 Å². The molecule has 0 saturated carbocycles. The van der Waals surface area contributed by atoms with Crippen molar-refractivity contribution in [3.8, 4) is 0 Å². The Morgan fingerprint density at radius 3 is 2.71 bits per heavy atom. The zero-order chi connectivity index (χ0) is 15.0. The number of benzene rings is 1. The summed E-state index contributed by atoms with van der Waals surface area (Å²) in [5.41, 5.74) is 2.55. The lowest BCUT2D eigenvalue weighted by molar-refractivity contribution is -0.150. The number of carboxylic acid groups (broad SMARTS) is 1. The van der Waals surface area contributed by atoms with Gasteiger partial charge in [-0.3, -0.25) is 4.79 Å². The average molecular weight is 305 g/mol. The lowest BCUT2D eigenvalue weighted by atomic mass is 9.83. The first kappa shape index (κ1) is 14.4. The van der Waals surface area contributed by atoms with Gasteiger partial charge in [0.25, 0.3) is 0 Å². The second kappa shape index (κ2) is 5.72. The molecule has 4 nitrogen and oxygen atoms in total. The maximum absolute atomic E-state index is 12.8. The van der Waals surface area contributed by atoms with Crippen molar-refractivity contribution < 1.29 is 14.7 Å². The molecule has 1 fully saturated rings. The molecular weight excluding hydrogens is 286 g/mol. The highest BCUT2D eigenvalue weighted by molar-refractivity contribution is 8.00. The Labute approximate surface area is 128 Å². The van der Waals surface area contributed by atoms with Crippen molar-refractivity contribution >= 4 is 23.6 Å². The number of hydrogen-bond acceptors (Lipinski definition) is 3. The molecule has 1 heterocycles. The molecule has 3 rings (SSSR count). The zero-order valence-electron chi connectivity index (χ0n) is 12.0. The fraction of sp³-hybridized carbons (Fsp3) is 0.500. The summed E-state index contributed by atoms with van der Waals surface area (Å²) in [6.07, 6.45) is 2.45. The molecule has 1 aliphatic heterocycles. The lowest BCUT2D eigenvalue weighted by Crippen LogP contribution is -2.48. The zero-order valence-corrected chi connectivity index (χ0v) is 12.8. The third-order valence-corrected chi connectivity index (χ3v) is 5.68. The van der Waals surface area contributed by atoms with E-state index in [-0.39, 0.29) is 17.2 Å². The van der Waals surface area contributed by atoms with Crippen molar-refractivity contribution in [3.63, 3.8) is 0 Å². The smallest absolute Gasteiger partial charge is 0.327 e. The third kappa shape index (κ3) is 2.67. The van der Waals surface area contributed by atoms with Crippen molar-refractivity contribution in [3.05, 3.63) is 35.4 Å². The molecule has 2 aliphatic rings. The molecule has 112 valence electrons. The summed E-state index contributed by atoms with van der Waals surface area (Å²) in [4.78, 5) is 25.7. The van der Waals surface area contributed by atoms with Gasteiger partial charge in [-0.25, -0.2) is 4.79 Å². The number of carboxylic acids is 1. The van der Waals surface area contributed by atoms with Crippen LogP contribution in [0.5, 0.6) is 0 Å². The first-order chi connectivity index (χ1) is 10.1. The summed E-state index contributed by atoms with van der Waals surface area (Å²) in [6.45, 7) is 1.92. The van der Waals surface area contributed by atoms with E-state index in [1.807, 2.05) is 19.1 Å². The number of fused-ring (bicyclic) bond motifs is 1. The first-order valence-corrected chi connectivity index (χ1v) is 8.36. The monoisotopic (exact) mass is 305 g/mol. The van der Waals surface area contributed by atoms with Crippen LogP contribution < -0.4 is 0 Å². The molecule has 5 heteroatoms. The Bertz CT molecular complexity index is 574. The number of rotatable bonds is 2. The number of carbonyl (C=O) groups is 2. The maximum Gasteiger partial charge on any atom is 0.327 e. The van der Waals surface area contributed by atoms with Gasteiger partial charge in [0.1, 0.15) is 6.04 Å². The van der Waals surface area contributed by atoms with Crippen LogP contribution in [0.15, 0.2) is 24.3 Å². The number of amides is 1. The molecule has 1 aromatic rings. The number of hydrogen-bond donors (Lipinski definition) is 1. The summed E-state index contributed by atoms with van der Waals surface area (Å²) >= 11 is 1.54. The second-order valence-electron chi connectivity index (χ2n) is 5.74. The number of thioether (sulfide) groups is 1. The van der Waals surface area contributed by atoms with Crippen molar-refractivity contribution in [1.82, 2.24) is 4.90 Å². The van der Waals surface area contributed by atoms with Crippen LogP contribution in [0, 0.1) is 5.92 Å². The molecule has 0 spiro atoms. The molecular formula is C16H19NO3S. The van der Waals surface area contributed by atoms with E-state index in [0.29, 0.717) is 5.75 Å². The number of aliphatic carboxylic acids is 1. The van der Waals surface area contributed by atoms with E-state index < -0.39 is 12.0 Å². The molecule has 0 bridgehead atoms. The highest BCUT2D eigenvalue weighted by Gasteiger charge is 2.42. The minimum Gasteiger partial charge on any atom is -0.480 e. The molecule has 21 heavy (non-hydrogen) atoms. The van der Waals surface area contributed by atoms with Gasteiger partial charge in [0.05, 0.1) is 5.37 Å². The quantitative estimate of drug-likeness (QED) is 0.910. The van der Waals surface area contributed by atoms with E-state index in [1.54, 1.807) is 16.7 Å². The highest BCUT2D eigenvalue weighted by Crippen LogP contribution is 2.33.